The van der Waals surface area contributed by atoms with E-state index in [1.54, 1.807) is 12.1 Å². The summed E-state index contributed by atoms with van der Waals surface area (Å²) >= 11 is 0. The topological polar surface area (TPSA) is 85.3 Å². The van der Waals surface area contributed by atoms with Crippen molar-refractivity contribution in [3.63, 3.8) is 0 Å². The molecule has 162 valence electrons. The van der Waals surface area contributed by atoms with Crippen molar-refractivity contribution in [3.05, 3.63) is 54.4 Å². The minimum absolute atomic E-state index is 0.101. The van der Waals surface area contributed by atoms with Gasteiger partial charge in [0.2, 0.25) is 5.91 Å². The number of ketones is 1. The van der Waals surface area contributed by atoms with E-state index in [4.69, 9.17) is 4.74 Å². The van der Waals surface area contributed by atoms with Crippen LogP contribution >= 0.6 is 0 Å². The highest BCUT2D eigenvalue weighted by molar-refractivity contribution is 6.12. The lowest BCUT2D eigenvalue weighted by Crippen LogP contribution is -2.34. The number of ether oxygens (including phenoxy) is 1. The van der Waals surface area contributed by atoms with Gasteiger partial charge in [0.05, 0.1) is 11.0 Å². The largest absolute Gasteiger partial charge is 0.492 e. The number of carbonyl (C=O) groups excluding carboxylic acids is 2. The molecule has 7 nitrogen and oxygen atoms in total. The average Bonchev–Trinajstić information content (AvgIpc) is 3.15. The smallest absolute Gasteiger partial charge is 0.242 e. The number of rotatable bonds is 9. The Kier molecular flexibility index (Phi) is 6.62. The molecular weight excluding hydrogens is 392 g/mol. The number of carbonyl (C=O) groups is 2. The predicted octanol–water partition coefficient (Wildman–Crippen LogP) is 3.50. The molecule has 2 aromatic carbocycles. The Bertz CT molecular complexity index is 1060. The lowest BCUT2D eigenvalue weighted by atomic mass is 9.96. The Balaban J connectivity index is 1.39. The highest BCUT2D eigenvalue weighted by Gasteiger charge is 2.36. The maximum Gasteiger partial charge on any atom is 0.242 e. The maximum absolute atomic E-state index is 13.0. The zero-order chi connectivity index (χ0) is 21.6. The highest BCUT2D eigenvalue weighted by atomic mass is 16.5. The molecule has 0 saturated heterocycles. The molecule has 1 atom stereocenters. The summed E-state index contributed by atoms with van der Waals surface area (Å²) in [5.41, 5.74) is 2.38. The van der Waals surface area contributed by atoms with Crippen molar-refractivity contribution in [3.8, 4) is 5.75 Å². The fourth-order valence-electron chi connectivity index (χ4n) is 3.84. The van der Waals surface area contributed by atoms with Crippen molar-refractivity contribution >= 4 is 28.4 Å². The number of Topliss-reactive ketones (excluding diaryl/α,β-unsaturated/α-hetero) is 1. The van der Waals surface area contributed by atoms with E-state index in [0.29, 0.717) is 31.1 Å². The number of para-hydroxylation sites is 2. The molecule has 0 aliphatic carbocycles. The summed E-state index contributed by atoms with van der Waals surface area (Å²) in [5.74, 6) is -0.0894. The van der Waals surface area contributed by atoms with Crippen LogP contribution in [0.1, 0.15) is 37.9 Å². The molecule has 1 unspecified atom stereocenters. The quantitative estimate of drug-likeness (QED) is 0.409. The third-order valence-corrected chi connectivity index (χ3v) is 5.48. The third kappa shape index (κ3) is 4.77. The van der Waals surface area contributed by atoms with Crippen LogP contribution < -0.4 is 15.4 Å². The van der Waals surface area contributed by atoms with Gasteiger partial charge in [-0.25, -0.2) is 4.98 Å². The van der Waals surface area contributed by atoms with E-state index in [9.17, 15) is 9.59 Å². The van der Waals surface area contributed by atoms with Crippen LogP contribution in [0.4, 0.5) is 5.69 Å². The van der Waals surface area contributed by atoms with Gasteiger partial charge in [0.25, 0.3) is 0 Å². The second-order valence-corrected chi connectivity index (χ2v) is 7.73. The Labute approximate surface area is 181 Å². The zero-order valence-electron chi connectivity index (χ0n) is 17.8. The number of hydrogen-bond donors (Lipinski definition) is 2. The number of aromatic nitrogens is 2. The summed E-state index contributed by atoms with van der Waals surface area (Å²) in [4.78, 5) is 30.1. The van der Waals surface area contributed by atoms with Crippen molar-refractivity contribution in [2.75, 3.05) is 25.0 Å². The van der Waals surface area contributed by atoms with Gasteiger partial charge in [0.1, 0.15) is 18.2 Å². The summed E-state index contributed by atoms with van der Waals surface area (Å²) < 4.78 is 7.70. The number of benzene rings is 2. The number of aryl methyl sites for hydroxylation is 1. The lowest BCUT2D eigenvalue weighted by molar-refractivity contribution is -0.128. The van der Waals surface area contributed by atoms with Crippen molar-refractivity contribution in [1.82, 2.24) is 14.9 Å². The number of fused-ring (bicyclic) bond motifs is 3. The number of nitrogens with one attached hydrogen (secondary N) is 2. The van der Waals surface area contributed by atoms with Crippen molar-refractivity contribution in [2.24, 2.45) is 0 Å². The summed E-state index contributed by atoms with van der Waals surface area (Å²) in [6.07, 6.45) is 2.66. The minimum Gasteiger partial charge on any atom is -0.492 e. The summed E-state index contributed by atoms with van der Waals surface area (Å²) in [6, 6.07) is 14.9. The van der Waals surface area contributed by atoms with E-state index in [2.05, 4.69) is 22.5 Å². The molecule has 2 N–H and O–H groups in total. The zero-order valence-corrected chi connectivity index (χ0v) is 17.8. The molecule has 0 fully saturated rings. The second-order valence-electron chi connectivity index (χ2n) is 7.73. The second kappa shape index (κ2) is 9.75. The van der Waals surface area contributed by atoms with Crippen LogP contribution in [0.15, 0.2) is 48.5 Å². The van der Waals surface area contributed by atoms with E-state index in [-0.39, 0.29) is 11.7 Å². The molecule has 1 aliphatic rings. The van der Waals surface area contributed by atoms with Gasteiger partial charge in [0.15, 0.2) is 11.7 Å². The van der Waals surface area contributed by atoms with Crippen LogP contribution in [-0.4, -0.2) is 40.9 Å². The first-order chi connectivity index (χ1) is 15.2. The number of imidazole rings is 1. The van der Waals surface area contributed by atoms with Crippen LogP contribution in [0, 0.1) is 0 Å². The van der Waals surface area contributed by atoms with Gasteiger partial charge in [-0.3, -0.25) is 9.59 Å². The normalized spacial score (nSPS) is 15.6. The van der Waals surface area contributed by atoms with Gasteiger partial charge >= 0.3 is 0 Å². The van der Waals surface area contributed by atoms with E-state index >= 15 is 0 Å². The molecule has 3 aromatic rings. The Morgan fingerprint density at radius 2 is 1.97 bits per heavy atom. The van der Waals surface area contributed by atoms with Crippen LogP contribution in [0.3, 0.4) is 0 Å². The van der Waals surface area contributed by atoms with Crippen molar-refractivity contribution in [1.29, 1.82) is 0 Å². The van der Waals surface area contributed by atoms with Gasteiger partial charge in [0, 0.05) is 25.2 Å². The SMILES string of the molecule is CCCCNCCOc1ccc(NC(=O)C2C(=O)CCn3c2nc2ccccc23)cc1. The number of hydrogen-bond acceptors (Lipinski definition) is 5. The van der Waals surface area contributed by atoms with Gasteiger partial charge in [-0.05, 0) is 49.4 Å². The summed E-state index contributed by atoms with van der Waals surface area (Å²) in [7, 11) is 0. The molecule has 0 spiro atoms. The Hall–Kier alpha value is -3.19. The van der Waals surface area contributed by atoms with Gasteiger partial charge in [-0.15, -0.1) is 0 Å². The van der Waals surface area contributed by atoms with Crippen LogP contribution in [0.25, 0.3) is 11.0 Å². The van der Waals surface area contributed by atoms with Crippen molar-refractivity contribution < 1.29 is 14.3 Å². The minimum atomic E-state index is -0.897. The first-order valence-corrected chi connectivity index (χ1v) is 10.9. The Morgan fingerprint density at radius 3 is 2.77 bits per heavy atom. The fraction of sp³-hybridized carbons (Fsp3) is 0.375. The number of anilines is 1. The number of amides is 1. The van der Waals surface area contributed by atoms with E-state index in [0.717, 1.165) is 36.3 Å². The van der Waals surface area contributed by atoms with E-state index in [1.807, 2.05) is 41.0 Å². The lowest BCUT2D eigenvalue weighted by Gasteiger charge is -2.22. The molecule has 0 bridgehead atoms. The van der Waals surface area contributed by atoms with Gasteiger partial charge in [-0.2, -0.15) is 0 Å². The first-order valence-electron chi connectivity index (χ1n) is 10.9. The molecule has 1 aliphatic heterocycles. The predicted molar refractivity (Wildman–Crippen MR) is 120 cm³/mol. The van der Waals surface area contributed by atoms with Gasteiger partial charge in [-0.1, -0.05) is 25.5 Å². The fourth-order valence-corrected chi connectivity index (χ4v) is 3.84. The molecule has 4 rings (SSSR count). The first kappa shape index (κ1) is 21.1. The van der Waals surface area contributed by atoms with Crippen LogP contribution in [-0.2, 0) is 16.1 Å². The summed E-state index contributed by atoms with van der Waals surface area (Å²) in [5, 5.41) is 6.19. The monoisotopic (exact) mass is 420 g/mol. The molecule has 1 aromatic heterocycles. The van der Waals surface area contributed by atoms with Crippen LogP contribution in [0.2, 0.25) is 0 Å². The molecule has 1 amide bonds. The van der Waals surface area contributed by atoms with E-state index < -0.39 is 5.92 Å². The summed E-state index contributed by atoms with van der Waals surface area (Å²) in [6.45, 7) is 5.10. The molecule has 0 radical (unpaired) electrons. The van der Waals surface area contributed by atoms with E-state index in [1.165, 1.54) is 6.42 Å². The molecule has 2 heterocycles. The van der Waals surface area contributed by atoms with Crippen molar-refractivity contribution in [2.45, 2.75) is 38.6 Å². The van der Waals surface area contributed by atoms with Crippen LogP contribution in [0.5, 0.6) is 5.75 Å². The average molecular weight is 421 g/mol. The number of unbranched alkanes of at least 4 members (excludes halogenated alkanes) is 1. The molecule has 0 saturated carbocycles. The highest BCUT2D eigenvalue weighted by Crippen LogP contribution is 2.29. The molecular formula is C24H28N4O3. The third-order valence-electron chi connectivity index (χ3n) is 5.48. The molecule has 7 heteroatoms. The standard InChI is InChI=1S/C24H28N4O3/c1-2-3-13-25-14-16-31-18-10-8-17(9-11-18)26-24(30)22-21(29)12-15-28-20-7-5-4-6-19(20)27-23(22)28/h4-11,22,25H,2-3,12-16H2,1H3,(H,26,30). The Morgan fingerprint density at radius 1 is 1.16 bits per heavy atom. The van der Waals surface area contributed by atoms with Gasteiger partial charge < -0.3 is 19.9 Å². The molecule has 31 heavy (non-hydrogen) atoms. The maximum atomic E-state index is 13.0. The number of nitrogens with zero attached hydrogens (tertiary/aromatic N) is 2.